The average molecular weight is 312 g/mol. The fraction of sp³-hybridized carbons (Fsp3) is 0.143. The van der Waals surface area contributed by atoms with Gasteiger partial charge in [-0.15, -0.1) is 0 Å². The Balaban J connectivity index is 2.45. The Kier molecular flexibility index (Phi) is 4.47. The molecule has 0 N–H and O–H groups in total. The summed E-state index contributed by atoms with van der Waals surface area (Å²) in [5.74, 6) is -0.711. The number of carbonyl (C=O) groups is 1. The Bertz CT molecular complexity index is 710. The third-order valence-electron chi connectivity index (χ3n) is 2.70. The van der Waals surface area contributed by atoms with E-state index in [4.69, 9.17) is 23.2 Å². The van der Waals surface area contributed by atoms with Crippen molar-refractivity contribution in [2.45, 2.75) is 6.54 Å². The Morgan fingerprint density at radius 1 is 1.25 bits per heavy atom. The standard InChI is InChI=1S/C14H11Cl2NO3/c1-20-14(19)12-6-11(16)8-17(13(12)18)7-9-3-2-4-10(15)5-9/h2-6,8H,7H2,1H3. The van der Waals surface area contributed by atoms with Gasteiger partial charge in [-0.25, -0.2) is 4.79 Å². The number of methoxy groups -OCH3 is 1. The van der Waals surface area contributed by atoms with Crippen LogP contribution in [0.2, 0.25) is 10.0 Å². The summed E-state index contributed by atoms with van der Waals surface area (Å²) in [7, 11) is 1.21. The smallest absolute Gasteiger partial charge is 0.343 e. The third-order valence-corrected chi connectivity index (χ3v) is 3.14. The van der Waals surface area contributed by atoms with Crippen LogP contribution in [0.1, 0.15) is 15.9 Å². The maximum Gasteiger partial charge on any atom is 0.343 e. The molecule has 0 amide bonds. The number of hydrogen-bond donors (Lipinski definition) is 0. The van der Waals surface area contributed by atoms with Crippen molar-refractivity contribution in [2.24, 2.45) is 0 Å². The molecule has 0 radical (unpaired) electrons. The van der Waals surface area contributed by atoms with Crippen molar-refractivity contribution in [3.63, 3.8) is 0 Å². The molecular weight excluding hydrogens is 301 g/mol. The lowest BCUT2D eigenvalue weighted by Crippen LogP contribution is -2.27. The maximum atomic E-state index is 12.2. The van der Waals surface area contributed by atoms with Crippen LogP contribution in [-0.2, 0) is 11.3 Å². The van der Waals surface area contributed by atoms with Crippen LogP contribution in [0, 0.1) is 0 Å². The van der Waals surface area contributed by atoms with Crippen molar-refractivity contribution in [3.05, 3.63) is 68.1 Å². The zero-order chi connectivity index (χ0) is 14.7. The highest BCUT2D eigenvalue weighted by Crippen LogP contribution is 2.13. The Morgan fingerprint density at radius 3 is 2.65 bits per heavy atom. The first-order chi connectivity index (χ1) is 9.51. The van der Waals surface area contributed by atoms with Gasteiger partial charge in [0, 0.05) is 11.2 Å². The molecule has 0 spiro atoms. The summed E-state index contributed by atoms with van der Waals surface area (Å²) in [6.45, 7) is 0.268. The molecule has 0 unspecified atom stereocenters. The molecule has 20 heavy (non-hydrogen) atoms. The van der Waals surface area contributed by atoms with Gasteiger partial charge in [-0.2, -0.15) is 0 Å². The molecule has 0 saturated carbocycles. The number of pyridine rings is 1. The number of halogens is 2. The van der Waals surface area contributed by atoms with E-state index in [2.05, 4.69) is 4.74 Å². The molecular formula is C14H11Cl2NO3. The molecule has 0 fully saturated rings. The highest BCUT2D eigenvalue weighted by atomic mass is 35.5. The largest absolute Gasteiger partial charge is 0.465 e. The number of nitrogens with zero attached hydrogens (tertiary/aromatic N) is 1. The monoisotopic (exact) mass is 311 g/mol. The number of carbonyl (C=O) groups excluding carboxylic acids is 1. The predicted octanol–water partition coefficient (Wildman–Crippen LogP) is 2.99. The number of esters is 1. The van der Waals surface area contributed by atoms with Crippen LogP contribution in [0.15, 0.2) is 41.3 Å². The highest BCUT2D eigenvalue weighted by Gasteiger charge is 2.14. The number of benzene rings is 1. The molecule has 1 aromatic heterocycles. The molecule has 2 aromatic rings. The minimum absolute atomic E-state index is 0.0953. The predicted molar refractivity (Wildman–Crippen MR) is 77.6 cm³/mol. The zero-order valence-corrected chi connectivity index (χ0v) is 12.1. The fourth-order valence-electron chi connectivity index (χ4n) is 1.80. The first kappa shape index (κ1) is 14.6. The van der Waals surface area contributed by atoms with Gasteiger partial charge in [-0.05, 0) is 23.8 Å². The van der Waals surface area contributed by atoms with E-state index in [9.17, 15) is 9.59 Å². The quantitative estimate of drug-likeness (QED) is 0.819. The third kappa shape index (κ3) is 3.21. The van der Waals surface area contributed by atoms with Crippen LogP contribution in [0.25, 0.3) is 0 Å². The van der Waals surface area contributed by atoms with Gasteiger partial charge in [0.1, 0.15) is 5.56 Å². The molecule has 4 nitrogen and oxygen atoms in total. The van der Waals surface area contributed by atoms with Crippen LogP contribution in [0.3, 0.4) is 0 Å². The van der Waals surface area contributed by atoms with E-state index in [0.29, 0.717) is 5.02 Å². The molecule has 0 aliphatic carbocycles. The summed E-state index contributed by atoms with van der Waals surface area (Å²) in [5, 5.41) is 0.859. The Labute approximate surface area is 125 Å². The van der Waals surface area contributed by atoms with Crippen LogP contribution in [-0.4, -0.2) is 17.6 Å². The first-order valence-corrected chi connectivity index (χ1v) is 6.49. The van der Waals surface area contributed by atoms with Gasteiger partial charge < -0.3 is 9.30 Å². The fourth-order valence-corrected chi connectivity index (χ4v) is 2.24. The van der Waals surface area contributed by atoms with Gasteiger partial charge >= 0.3 is 5.97 Å². The van der Waals surface area contributed by atoms with Crippen molar-refractivity contribution < 1.29 is 9.53 Å². The summed E-state index contributed by atoms with van der Waals surface area (Å²) in [6, 6.07) is 8.40. The van der Waals surface area contributed by atoms with E-state index < -0.39 is 11.5 Å². The van der Waals surface area contributed by atoms with E-state index >= 15 is 0 Å². The molecule has 0 aliphatic rings. The maximum absolute atomic E-state index is 12.2. The van der Waals surface area contributed by atoms with Crippen molar-refractivity contribution in [1.29, 1.82) is 0 Å². The molecule has 0 atom stereocenters. The summed E-state index contributed by atoms with van der Waals surface area (Å²) in [4.78, 5) is 23.7. The second-order valence-electron chi connectivity index (χ2n) is 4.13. The molecule has 6 heteroatoms. The second kappa shape index (κ2) is 6.11. The Morgan fingerprint density at radius 2 is 2.00 bits per heavy atom. The number of hydrogen-bond acceptors (Lipinski definition) is 3. The molecule has 0 saturated heterocycles. The summed E-state index contributed by atoms with van der Waals surface area (Å²) >= 11 is 11.8. The van der Waals surface area contributed by atoms with Crippen LogP contribution in [0.5, 0.6) is 0 Å². The number of aromatic nitrogens is 1. The minimum atomic E-state index is -0.711. The lowest BCUT2D eigenvalue weighted by Gasteiger charge is -2.09. The number of rotatable bonds is 3. The van der Waals surface area contributed by atoms with E-state index in [1.165, 1.54) is 23.9 Å². The highest BCUT2D eigenvalue weighted by molar-refractivity contribution is 6.31. The summed E-state index contributed by atoms with van der Waals surface area (Å²) in [5.41, 5.74) is 0.279. The van der Waals surface area contributed by atoms with Gasteiger partial charge in [0.15, 0.2) is 0 Å². The van der Waals surface area contributed by atoms with Gasteiger partial charge in [-0.1, -0.05) is 35.3 Å². The van der Waals surface area contributed by atoms with Crippen LogP contribution >= 0.6 is 23.2 Å². The summed E-state index contributed by atoms with van der Waals surface area (Å²) in [6.07, 6.45) is 1.47. The van der Waals surface area contributed by atoms with Crippen molar-refractivity contribution >= 4 is 29.2 Å². The zero-order valence-electron chi connectivity index (χ0n) is 10.6. The average Bonchev–Trinajstić information content (AvgIpc) is 2.41. The van der Waals surface area contributed by atoms with E-state index in [0.717, 1.165) is 5.56 Å². The van der Waals surface area contributed by atoms with Crippen LogP contribution in [0.4, 0.5) is 0 Å². The second-order valence-corrected chi connectivity index (χ2v) is 5.00. The summed E-state index contributed by atoms with van der Waals surface area (Å²) < 4.78 is 5.91. The van der Waals surface area contributed by atoms with E-state index in [-0.39, 0.29) is 17.1 Å². The molecule has 104 valence electrons. The molecule has 1 aromatic carbocycles. The first-order valence-electron chi connectivity index (χ1n) is 5.74. The van der Waals surface area contributed by atoms with Gasteiger partial charge in [0.25, 0.3) is 5.56 Å². The van der Waals surface area contributed by atoms with Crippen molar-refractivity contribution in [3.8, 4) is 0 Å². The number of ether oxygens (including phenoxy) is 1. The molecule has 0 aliphatic heterocycles. The topological polar surface area (TPSA) is 48.3 Å². The molecule has 1 heterocycles. The SMILES string of the molecule is COC(=O)c1cc(Cl)cn(Cc2cccc(Cl)c2)c1=O. The van der Waals surface area contributed by atoms with E-state index in [1.54, 1.807) is 18.2 Å². The Hall–Kier alpha value is -1.78. The van der Waals surface area contributed by atoms with Gasteiger partial charge in [-0.3, -0.25) is 4.79 Å². The molecule has 2 rings (SSSR count). The van der Waals surface area contributed by atoms with Gasteiger partial charge in [0.05, 0.1) is 18.7 Å². The molecule has 0 bridgehead atoms. The van der Waals surface area contributed by atoms with E-state index in [1.807, 2.05) is 6.07 Å². The minimum Gasteiger partial charge on any atom is -0.465 e. The van der Waals surface area contributed by atoms with Crippen LogP contribution < -0.4 is 5.56 Å². The van der Waals surface area contributed by atoms with Gasteiger partial charge in [0.2, 0.25) is 0 Å². The van der Waals surface area contributed by atoms with Crippen molar-refractivity contribution in [1.82, 2.24) is 4.57 Å². The lowest BCUT2D eigenvalue weighted by atomic mass is 10.2. The normalized spacial score (nSPS) is 10.3. The lowest BCUT2D eigenvalue weighted by molar-refractivity contribution is 0.0598. The van der Waals surface area contributed by atoms with Crippen molar-refractivity contribution in [2.75, 3.05) is 7.11 Å².